The molecule has 5 heteroatoms. The molecule has 0 aliphatic rings. The molecule has 0 aromatic rings. The second-order valence-corrected chi connectivity index (χ2v) is 15.0. The molecule has 0 saturated heterocycles. The van der Waals surface area contributed by atoms with Crippen LogP contribution in [0.5, 0.6) is 0 Å². The van der Waals surface area contributed by atoms with E-state index >= 15 is 0 Å². The Bertz CT molecular complexity index is 695. The van der Waals surface area contributed by atoms with Gasteiger partial charge in [-0.2, -0.15) is 0 Å². The van der Waals surface area contributed by atoms with Crippen LogP contribution in [0.25, 0.3) is 0 Å². The fraction of sp³-hybridized carbons (Fsp3) is 0.931. The monoisotopic (exact) mass is 502 g/mol. The summed E-state index contributed by atoms with van der Waals surface area (Å²) in [6.07, 6.45) is 2.36. The summed E-state index contributed by atoms with van der Waals surface area (Å²) in [5.74, 6) is 0.532. The van der Waals surface area contributed by atoms with Crippen molar-refractivity contribution in [2.75, 3.05) is 6.61 Å². The highest BCUT2D eigenvalue weighted by atomic mass is 35.5. The standard InChI is InChI=1S/C29H55ClO4/c1-20(18-25(6,7)22(31)24(3,4)5)21(2)29(14,15)33-17-16-27(10,11)28(12,13)19-26(8,9)23(32)34-30/h20-21H,16-19H2,1-15H3. The SMILES string of the molecule is CC(CC(C)(C)C(=O)C(C)(C)C)C(C)C(C)(C)OCCC(C)(C)C(C)(C)CC(C)(C)C(=O)OCl. The van der Waals surface area contributed by atoms with E-state index in [0.29, 0.717) is 24.7 Å². The molecule has 0 aliphatic carbocycles. The van der Waals surface area contributed by atoms with E-state index in [-0.39, 0.29) is 33.2 Å². The van der Waals surface area contributed by atoms with Gasteiger partial charge < -0.3 is 9.03 Å². The van der Waals surface area contributed by atoms with Gasteiger partial charge in [-0.05, 0) is 69.6 Å². The summed E-state index contributed by atoms with van der Waals surface area (Å²) in [6.45, 7) is 32.2. The zero-order chi connectivity index (χ0) is 27.6. The Morgan fingerprint density at radius 3 is 1.65 bits per heavy atom. The molecular formula is C29H55ClO4. The van der Waals surface area contributed by atoms with E-state index in [4.69, 9.17) is 16.6 Å². The molecule has 0 N–H and O–H groups in total. The minimum absolute atomic E-state index is 0.0666. The van der Waals surface area contributed by atoms with Gasteiger partial charge in [0.1, 0.15) is 17.6 Å². The molecule has 0 radical (unpaired) electrons. The van der Waals surface area contributed by atoms with E-state index in [1.165, 1.54) is 0 Å². The molecule has 2 atom stereocenters. The normalized spacial score (nSPS) is 16.2. The van der Waals surface area contributed by atoms with Crippen LogP contribution in [0.3, 0.4) is 0 Å². The van der Waals surface area contributed by atoms with Gasteiger partial charge in [0.2, 0.25) is 0 Å². The van der Waals surface area contributed by atoms with Crippen molar-refractivity contribution in [2.45, 2.75) is 129 Å². The van der Waals surface area contributed by atoms with Crippen molar-refractivity contribution >= 4 is 23.6 Å². The Kier molecular flexibility index (Phi) is 11.0. The first-order chi connectivity index (χ1) is 14.8. The molecule has 4 nitrogen and oxygen atoms in total. The summed E-state index contributed by atoms with van der Waals surface area (Å²) in [4.78, 5) is 25.1. The van der Waals surface area contributed by atoms with E-state index in [1.807, 2.05) is 34.6 Å². The maximum Gasteiger partial charge on any atom is 0.330 e. The van der Waals surface area contributed by atoms with E-state index in [9.17, 15) is 9.59 Å². The van der Waals surface area contributed by atoms with Gasteiger partial charge in [0.15, 0.2) is 0 Å². The topological polar surface area (TPSA) is 52.6 Å². The molecule has 0 fully saturated rings. The van der Waals surface area contributed by atoms with Gasteiger partial charge in [0.05, 0.1) is 11.0 Å². The van der Waals surface area contributed by atoms with Crippen LogP contribution in [-0.4, -0.2) is 24.0 Å². The van der Waals surface area contributed by atoms with Crippen molar-refractivity contribution in [1.29, 1.82) is 0 Å². The second-order valence-electron chi connectivity index (χ2n) is 14.8. The van der Waals surface area contributed by atoms with Gasteiger partial charge in [-0.15, -0.1) is 0 Å². The molecule has 0 amide bonds. The first-order valence-corrected chi connectivity index (χ1v) is 13.2. The molecule has 0 aliphatic heterocycles. The molecule has 202 valence electrons. The van der Waals surface area contributed by atoms with Crippen molar-refractivity contribution in [2.24, 2.45) is 38.9 Å². The Morgan fingerprint density at radius 1 is 0.765 bits per heavy atom. The Hall–Kier alpha value is -0.610. The van der Waals surface area contributed by atoms with Crippen LogP contribution in [0.2, 0.25) is 0 Å². The van der Waals surface area contributed by atoms with E-state index in [0.717, 1.165) is 12.8 Å². The average Bonchev–Trinajstić information content (AvgIpc) is 2.63. The van der Waals surface area contributed by atoms with Gasteiger partial charge >= 0.3 is 5.97 Å². The molecule has 0 spiro atoms. The van der Waals surface area contributed by atoms with Gasteiger partial charge in [0, 0.05) is 17.4 Å². The van der Waals surface area contributed by atoms with Crippen LogP contribution in [0, 0.1) is 38.9 Å². The molecule has 0 aromatic heterocycles. The van der Waals surface area contributed by atoms with Crippen LogP contribution in [-0.2, 0) is 18.6 Å². The molecule has 0 rings (SSSR count). The van der Waals surface area contributed by atoms with Crippen LogP contribution < -0.4 is 0 Å². The minimum atomic E-state index is -0.663. The number of hydrogen-bond donors (Lipinski definition) is 0. The molecule has 0 bridgehead atoms. The summed E-state index contributed by atoms with van der Waals surface area (Å²) in [6, 6.07) is 0. The lowest BCUT2D eigenvalue weighted by molar-refractivity contribution is -0.147. The Labute approximate surface area is 216 Å². The maximum absolute atomic E-state index is 13.0. The van der Waals surface area contributed by atoms with Crippen molar-refractivity contribution in [1.82, 2.24) is 0 Å². The minimum Gasteiger partial charge on any atom is -0.375 e. The summed E-state index contributed by atoms with van der Waals surface area (Å²) in [5, 5.41) is 0. The van der Waals surface area contributed by atoms with E-state index < -0.39 is 11.4 Å². The fourth-order valence-electron chi connectivity index (χ4n) is 5.33. The zero-order valence-electron chi connectivity index (χ0n) is 25.0. The highest BCUT2D eigenvalue weighted by Gasteiger charge is 2.45. The zero-order valence-corrected chi connectivity index (χ0v) is 25.8. The molecule has 0 saturated carbocycles. The third-order valence-corrected chi connectivity index (χ3v) is 8.76. The number of Topliss-reactive ketones (excluding diaryl/α,β-unsaturated/α-hetero) is 1. The first kappa shape index (κ1) is 33.4. The predicted octanol–water partition coefficient (Wildman–Crippen LogP) is 8.64. The number of rotatable bonds is 13. The van der Waals surface area contributed by atoms with Gasteiger partial charge in [-0.25, -0.2) is 4.79 Å². The lowest BCUT2D eigenvalue weighted by Crippen LogP contribution is -2.43. The van der Waals surface area contributed by atoms with Crippen molar-refractivity contribution in [3.63, 3.8) is 0 Å². The number of ketones is 1. The molecular weight excluding hydrogens is 448 g/mol. The largest absolute Gasteiger partial charge is 0.375 e. The van der Waals surface area contributed by atoms with Crippen LogP contribution in [0.4, 0.5) is 0 Å². The summed E-state index contributed by atoms with van der Waals surface area (Å²) in [7, 11) is 0. The molecule has 0 aromatic carbocycles. The quantitative estimate of drug-likeness (QED) is 0.253. The fourth-order valence-corrected chi connectivity index (χ4v) is 5.54. The smallest absolute Gasteiger partial charge is 0.330 e. The van der Waals surface area contributed by atoms with Crippen molar-refractivity contribution in [3.8, 4) is 0 Å². The predicted molar refractivity (Wildman–Crippen MR) is 144 cm³/mol. The van der Waals surface area contributed by atoms with E-state index in [1.54, 1.807) is 0 Å². The summed E-state index contributed by atoms with van der Waals surface area (Å²) in [5.41, 5.74) is -1.89. The van der Waals surface area contributed by atoms with Crippen LogP contribution in [0.1, 0.15) is 123 Å². The first-order valence-electron chi connectivity index (χ1n) is 12.9. The number of ether oxygens (including phenoxy) is 1. The number of halogens is 1. The highest BCUT2D eigenvalue weighted by Crippen LogP contribution is 2.49. The highest BCUT2D eigenvalue weighted by molar-refractivity contribution is 6.13. The van der Waals surface area contributed by atoms with Gasteiger partial charge in [-0.3, -0.25) is 4.79 Å². The Balaban J connectivity index is 5.20. The lowest BCUT2D eigenvalue weighted by Gasteiger charge is -2.46. The summed E-state index contributed by atoms with van der Waals surface area (Å²) < 4.78 is 11.0. The lowest BCUT2D eigenvalue weighted by atomic mass is 9.60. The van der Waals surface area contributed by atoms with Gasteiger partial charge in [0.25, 0.3) is 0 Å². The van der Waals surface area contributed by atoms with Crippen molar-refractivity contribution < 1.29 is 18.6 Å². The number of carbonyl (C=O) groups is 2. The third-order valence-electron chi connectivity index (χ3n) is 8.62. The van der Waals surface area contributed by atoms with Crippen LogP contribution in [0.15, 0.2) is 0 Å². The Morgan fingerprint density at radius 2 is 1.24 bits per heavy atom. The van der Waals surface area contributed by atoms with Gasteiger partial charge in [-0.1, -0.05) is 76.2 Å². The number of carbonyl (C=O) groups excluding carboxylic acids is 2. The summed E-state index contributed by atoms with van der Waals surface area (Å²) >= 11 is 5.36. The van der Waals surface area contributed by atoms with Crippen LogP contribution >= 0.6 is 11.9 Å². The molecule has 0 heterocycles. The van der Waals surface area contributed by atoms with Crippen molar-refractivity contribution in [3.05, 3.63) is 0 Å². The van der Waals surface area contributed by atoms with E-state index in [2.05, 4.69) is 73.5 Å². The number of hydrogen-bond acceptors (Lipinski definition) is 4. The molecule has 34 heavy (non-hydrogen) atoms. The third kappa shape index (κ3) is 8.80. The maximum atomic E-state index is 13.0. The average molecular weight is 503 g/mol. The molecule has 2 unspecified atom stereocenters. The second kappa shape index (κ2) is 11.2.